The molecule has 2 nitrogen and oxygen atoms in total. The average Bonchev–Trinajstić information content (AvgIpc) is 2.01. The van der Waals surface area contributed by atoms with Crippen LogP contribution in [0.2, 0.25) is 19.1 Å². The van der Waals surface area contributed by atoms with Crippen molar-refractivity contribution in [3.05, 3.63) is 11.3 Å². The van der Waals surface area contributed by atoms with Crippen LogP contribution < -0.4 is 0 Å². The van der Waals surface area contributed by atoms with Gasteiger partial charge in [0.05, 0.1) is 15.2 Å². The molecule has 1 heterocycles. The van der Waals surface area contributed by atoms with Gasteiger partial charge in [-0.2, -0.15) is 0 Å². The van der Waals surface area contributed by atoms with E-state index >= 15 is 0 Å². The summed E-state index contributed by atoms with van der Waals surface area (Å²) in [5.74, 6) is -0.129. The first-order chi connectivity index (χ1) is 5.55. The molecule has 1 aliphatic rings. The number of methoxy groups -OCH3 is 1. The average molecular weight is 184 g/mol. The third-order valence-corrected chi connectivity index (χ3v) is 5.05. The fourth-order valence-electron chi connectivity index (χ4n) is 1.64. The molecule has 3 heteroatoms. The normalized spacial score (nSPS) is 21.4. The van der Waals surface area contributed by atoms with Gasteiger partial charge in [-0.15, -0.1) is 0 Å². The van der Waals surface area contributed by atoms with Gasteiger partial charge >= 0.3 is 5.97 Å². The second-order valence-corrected chi connectivity index (χ2v) is 8.77. The summed E-state index contributed by atoms with van der Waals surface area (Å²) in [6.07, 6.45) is 2.06. The number of ether oxygens (including phenoxy) is 1. The SMILES string of the molecule is COC(=O)C1=C[Si](C)(C)CCC1. The van der Waals surface area contributed by atoms with Crippen LogP contribution in [0.25, 0.3) is 0 Å². The van der Waals surface area contributed by atoms with E-state index in [-0.39, 0.29) is 5.97 Å². The maximum atomic E-state index is 11.2. The van der Waals surface area contributed by atoms with E-state index < -0.39 is 8.07 Å². The summed E-state index contributed by atoms with van der Waals surface area (Å²) in [6.45, 7) is 4.57. The van der Waals surface area contributed by atoms with E-state index in [0.717, 1.165) is 18.4 Å². The van der Waals surface area contributed by atoms with Gasteiger partial charge in [0.2, 0.25) is 0 Å². The minimum Gasteiger partial charge on any atom is -0.466 e. The van der Waals surface area contributed by atoms with Crippen molar-refractivity contribution in [2.45, 2.75) is 32.0 Å². The minimum absolute atomic E-state index is 0.129. The van der Waals surface area contributed by atoms with E-state index in [1.807, 2.05) is 0 Å². The molecule has 68 valence electrons. The van der Waals surface area contributed by atoms with E-state index in [4.69, 9.17) is 4.74 Å². The Hall–Kier alpha value is -0.573. The number of carbonyl (C=O) groups is 1. The predicted molar refractivity (Wildman–Crippen MR) is 51.6 cm³/mol. The molecule has 0 unspecified atom stereocenters. The van der Waals surface area contributed by atoms with Crippen molar-refractivity contribution in [3.8, 4) is 0 Å². The highest BCUT2D eigenvalue weighted by molar-refractivity contribution is 6.82. The maximum Gasteiger partial charge on any atom is 0.333 e. The molecule has 0 saturated carbocycles. The van der Waals surface area contributed by atoms with Gasteiger partial charge in [-0.1, -0.05) is 31.3 Å². The van der Waals surface area contributed by atoms with Crippen LogP contribution in [0.15, 0.2) is 11.3 Å². The van der Waals surface area contributed by atoms with Gasteiger partial charge in [0, 0.05) is 5.57 Å². The second-order valence-electron chi connectivity index (χ2n) is 4.00. The molecule has 0 saturated heterocycles. The zero-order valence-corrected chi connectivity index (χ0v) is 9.02. The Morgan fingerprint density at radius 1 is 1.58 bits per heavy atom. The number of carbonyl (C=O) groups excluding carboxylic acids is 1. The molecule has 1 aliphatic heterocycles. The predicted octanol–water partition coefficient (Wildman–Crippen LogP) is 2.13. The first-order valence-electron chi connectivity index (χ1n) is 4.35. The molecule has 0 aromatic rings. The molecule has 1 rings (SSSR count). The molecular weight excluding hydrogens is 168 g/mol. The number of rotatable bonds is 1. The van der Waals surface area contributed by atoms with Crippen molar-refractivity contribution >= 4 is 14.0 Å². The van der Waals surface area contributed by atoms with Crippen molar-refractivity contribution in [1.82, 2.24) is 0 Å². The quantitative estimate of drug-likeness (QED) is 0.461. The lowest BCUT2D eigenvalue weighted by atomic mass is 10.2. The monoisotopic (exact) mass is 184 g/mol. The zero-order valence-electron chi connectivity index (χ0n) is 8.02. The fraction of sp³-hybridized carbons (Fsp3) is 0.667. The molecule has 0 radical (unpaired) electrons. The van der Waals surface area contributed by atoms with Gasteiger partial charge in [0.15, 0.2) is 0 Å². The van der Waals surface area contributed by atoms with E-state index in [1.54, 1.807) is 0 Å². The number of hydrogen-bond donors (Lipinski definition) is 0. The fourth-order valence-corrected chi connectivity index (χ4v) is 4.08. The highest BCUT2D eigenvalue weighted by Gasteiger charge is 2.25. The van der Waals surface area contributed by atoms with Crippen molar-refractivity contribution in [2.75, 3.05) is 7.11 Å². The largest absolute Gasteiger partial charge is 0.466 e. The van der Waals surface area contributed by atoms with Crippen molar-refractivity contribution < 1.29 is 9.53 Å². The molecule has 0 bridgehead atoms. The van der Waals surface area contributed by atoms with E-state index in [9.17, 15) is 4.79 Å². The minimum atomic E-state index is -1.20. The lowest BCUT2D eigenvalue weighted by molar-refractivity contribution is -0.136. The highest BCUT2D eigenvalue weighted by Crippen LogP contribution is 2.26. The molecule has 0 aromatic carbocycles. The van der Waals surface area contributed by atoms with Crippen LogP contribution in [-0.4, -0.2) is 21.2 Å². The van der Waals surface area contributed by atoms with Gasteiger partial charge < -0.3 is 4.74 Å². The molecule has 12 heavy (non-hydrogen) atoms. The van der Waals surface area contributed by atoms with Crippen molar-refractivity contribution in [2.24, 2.45) is 0 Å². The molecule has 0 amide bonds. The first-order valence-corrected chi connectivity index (χ1v) is 7.64. The number of hydrogen-bond acceptors (Lipinski definition) is 2. The Labute approximate surface area is 74.6 Å². The molecule has 0 atom stereocenters. The zero-order chi connectivity index (χ0) is 9.19. The van der Waals surface area contributed by atoms with Gasteiger partial charge in [0.1, 0.15) is 0 Å². The second kappa shape index (κ2) is 3.43. The molecule has 0 fully saturated rings. The third-order valence-electron chi connectivity index (χ3n) is 2.28. The summed E-state index contributed by atoms with van der Waals surface area (Å²) in [5.41, 5.74) is 3.09. The van der Waals surface area contributed by atoms with Crippen LogP contribution in [0.3, 0.4) is 0 Å². The lowest BCUT2D eigenvalue weighted by Gasteiger charge is -2.24. The van der Waals surface area contributed by atoms with Crippen LogP contribution in [-0.2, 0) is 9.53 Å². The van der Waals surface area contributed by atoms with Crippen LogP contribution in [0.1, 0.15) is 12.8 Å². The molecule has 0 N–H and O–H groups in total. The molecule has 0 aromatic heterocycles. The van der Waals surface area contributed by atoms with Crippen molar-refractivity contribution in [3.63, 3.8) is 0 Å². The summed E-state index contributed by atoms with van der Waals surface area (Å²) in [5, 5.41) is 0. The van der Waals surface area contributed by atoms with Gasteiger partial charge in [-0.05, 0) is 6.42 Å². The van der Waals surface area contributed by atoms with Crippen molar-refractivity contribution in [1.29, 1.82) is 0 Å². The molecule has 0 aliphatic carbocycles. The Bertz CT molecular complexity index is 219. The van der Waals surface area contributed by atoms with E-state index in [1.165, 1.54) is 13.2 Å². The van der Waals surface area contributed by atoms with Crippen LogP contribution in [0.4, 0.5) is 0 Å². The van der Waals surface area contributed by atoms with Crippen LogP contribution in [0.5, 0.6) is 0 Å². The smallest absolute Gasteiger partial charge is 0.333 e. The van der Waals surface area contributed by atoms with Gasteiger partial charge in [-0.25, -0.2) is 4.79 Å². The Morgan fingerprint density at radius 2 is 2.25 bits per heavy atom. The lowest BCUT2D eigenvalue weighted by Crippen LogP contribution is -2.28. The molecule has 0 spiro atoms. The summed E-state index contributed by atoms with van der Waals surface area (Å²) in [6, 6.07) is 1.30. The topological polar surface area (TPSA) is 26.3 Å². The summed E-state index contributed by atoms with van der Waals surface area (Å²) < 4.78 is 4.70. The summed E-state index contributed by atoms with van der Waals surface area (Å²) in [4.78, 5) is 11.2. The third kappa shape index (κ3) is 2.20. The maximum absolute atomic E-state index is 11.2. The van der Waals surface area contributed by atoms with Gasteiger partial charge in [0.25, 0.3) is 0 Å². The van der Waals surface area contributed by atoms with Gasteiger partial charge in [-0.3, -0.25) is 0 Å². The Kier molecular flexibility index (Phi) is 2.72. The summed E-state index contributed by atoms with van der Waals surface area (Å²) >= 11 is 0. The first kappa shape index (κ1) is 9.51. The standard InChI is InChI=1S/C9H16O2Si/c1-11-9(10)8-5-4-6-12(2,3)7-8/h7H,4-6H2,1-3H3. The number of esters is 1. The van der Waals surface area contributed by atoms with Crippen LogP contribution >= 0.6 is 0 Å². The summed E-state index contributed by atoms with van der Waals surface area (Å²) in [7, 11) is 0.255. The van der Waals surface area contributed by atoms with E-state index in [2.05, 4.69) is 18.8 Å². The highest BCUT2D eigenvalue weighted by atomic mass is 28.3. The van der Waals surface area contributed by atoms with E-state index in [0.29, 0.717) is 0 Å². The Balaban J connectivity index is 2.77. The molecular formula is C9H16O2Si. The Morgan fingerprint density at radius 3 is 2.75 bits per heavy atom. The van der Waals surface area contributed by atoms with Crippen LogP contribution in [0, 0.1) is 0 Å².